The van der Waals surface area contributed by atoms with E-state index in [-0.39, 0.29) is 11.7 Å². The number of ketones is 1. The normalized spacial score (nSPS) is 22.5. The van der Waals surface area contributed by atoms with Crippen molar-refractivity contribution in [2.24, 2.45) is 17.6 Å². The zero-order chi connectivity index (χ0) is 14.0. The standard InChI is InChI=1S/C16H23NO2/c1-10-7-8-14(16(19-3)11(10)2)15(18)13-6-4-5-12(13)9-17/h7-8,12-13H,4-6,9,17H2,1-3H3. The lowest BCUT2D eigenvalue weighted by molar-refractivity contribution is 0.0890. The zero-order valence-electron chi connectivity index (χ0n) is 12.0. The summed E-state index contributed by atoms with van der Waals surface area (Å²) in [7, 11) is 1.63. The highest BCUT2D eigenvalue weighted by Crippen LogP contribution is 2.36. The fourth-order valence-corrected chi connectivity index (χ4v) is 3.11. The summed E-state index contributed by atoms with van der Waals surface area (Å²) in [6, 6.07) is 3.90. The second-order valence-electron chi connectivity index (χ2n) is 5.49. The minimum absolute atomic E-state index is 0.0704. The van der Waals surface area contributed by atoms with E-state index in [2.05, 4.69) is 0 Å². The third-order valence-corrected chi connectivity index (χ3v) is 4.44. The number of carbonyl (C=O) groups excluding carboxylic acids is 1. The number of hydrogen-bond donors (Lipinski definition) is 1. The molecule has 1 aromatic carbocycles. The molecule has 19 heavy (non-hydrogen) atoms. The third-order valence-electron chi connectivity index (χ3n) is 4.44. The van der Waals surface area contributed by atoms with Crippen molar-refractivity contribution in [2.45, 2.75) is 33.1 Å². The van der Waals surface area contributed by atoms with Gasteiger partial charge in [0.1, 0.15) is 5.75 Å². The van der Waals surface area contributed by atoms with Gasteiger partial charge in [0.05, 0.1) is 12.7 Å². The van der Waals surface area contributed by atoms with Gasteiger partial charge in [0.2, 0.25) is 0 Å². The third kappa shape index (κ3) is 2.52. The number of rotatable bonds is 4. The number of hydrogen-bond acceptors (Lipinski definition) is 3. The van der Waals surface area contributed by atoms with Crippen LogP contribution in [0.5, 0.6) is 5.75 Å². The lowest BCUT2D eigenvalue weighted by Crippen LogP contribution is -2.25. The highest BCUT2D eigenvalue weighted by atomic mass is 16.5. The van der Waals surface area contributed by atoms with Crippen molar-refractivity contribution in [2.75, 3.05) is 13.7 Å². The molecule has 2 N–H and O–H groups in total. The smallest absolute Gasteiger partial charge is 0.169 e. The molecule has 0 bridgehead atoms. The second kappa shape index (κ2) is 5.74. The molecule has 0 heterocycles. The molecule has 0 aromatic heterocycles. The van der Waals surface area contributed by atoms with E-state index >= 15 is 0 Å². The molecule has 1 saturated carbocycles. The number of Topliss-reactive ketones (excluding diaryl/α,β-unsaturated/α-hetero) is 1. The summed E-state index contributed by atoms with van der Waals surface area (Å²) in [6.07, 6.45) is 3.13. The lowest BCUT2D eigenvalue weighted by Gasteiger charge is -2.19. The van der Waals surface area contributed by atoms with E-state index < -0.39 is 0 Å². The van der Waals surface area contributed by atoms with Crippen molar-refractivity contribution in [3.8, 4) is 5.75 Å². The van der Waals surface area contributed by atoms with Crippen LogP contribution in [-0.4, -0.2) is 19.4 Å². The fourth-order valence-electron chi connectivity index (χ4n) is 3.11. The average Bonchev–Trinajstić information content (AvgIpc) is 2.89. The van der Waals surface area contributed by atoms with Crippen molar-refractivity contribution in [1.82, 2.24) is 0 Å². The topological polar surface area (TPSA) is 52.3 Å². The first kappa shape index (κ1) is 14.1. The van der Waals surface area contributed by atoms with E-state index in [1.54, 1.807) is 7.11 Å². The zero-order valence-corrected chi connectivity index (χ0v) is 12.0. The maximum Gasteiger partial charge on any atom is 0.169 e. The molecule has 0 saturated heterocycles. The van der Waals surface area contributed by atoms with Gasteiger partial charge < -0.3 is 10.5 Å². The predicted octanol–water partition coefficient (Wildman–Crippen LogP) is 2.87. The molecule has 0 amide bonds. The van der Waals surface area contributed by atoms with E-state index in [1.165, 1.54) is 0 Å². The molecular formula is C16H23NO2. The molecule has 3 heteroatoms. The van der Waals surface area contributed by atoms with Crippen LogP contribution in [0.15, 0.2) is 12.1 Å². The van der Waals surface area contributed by atoms with E-state index in [0.717, 1.165) is 41.7 Å². The molecule has 3 nitrogen and oxygen atoms in total. The SMILES string of the molecule is COc1c(C(=O)C2CCCC2CN)ccc(C)c1C. The second-order valence-corrected chi connectivity index (χ2v) is 5.49. The van der Waals surface area contributed by atoms with Crippen molar-refractivity contribution in [3.63, 3.8) is 0 Å². The van der Waals surface area contributed by atoms with Gasteiger partial charge >= 0.3 is 0 Å². The number of aryl methyl sites for hydroxylation is 1. The molecule has 1 fully saturated rings. The fraction of sp³-hybridized carbons (Fsp3) is 0.562. The largest absolute Gasteiger partial charge is 0.496 e. The van der Waals surface area contributed by atoms with Gasteiger partial charge in [-0.15, -0.1) is 0 Å². The maximum absolute atomic E-state index is 12.7. The number of ether oxygens (including phenoxy) is 1. The summed E-state index contributed by atoms with van der Waals surface area (Å²) in [6.45, 7) is 4.63. The van der Waals surface area contributed by atoms with Crippen molar-refractivity contribution < 1.29 is 9.53 Å². The van der Waals surface area contributed by atoms with Gasteiger partial charge in [-0.25, -0.2) is 0 Å². The number of methoxy groups -OCH3 is 1. The van der Waals surface area contributed by atoms with Crippen LogP contribution in [0, 0.1) is 25.7 Å². The van der Waals surface area contributed by atoms with Crippen LogP contribution in [0.2, 0.25) is 0 Å². The van der Waals surface area contributed by atoms with Crippen molar-refractivity contribution in [3.05, 3.63) is 28.8 Å². The summed E-state index contributed by atoms with van der Waals surface area (Å²) in [4.78, 5) is 12.7. The monoisotopic (exact) mass is 261 g/mol. The van der Waals surface area contributed by atoms with Gasteiger partial charge in [-0.1, -0.05) is 12.5 Å². The van der Waals surface area contributed by atoms with Crippen LogP contribution in [0.1, 0.15) is 40.7 Å². The molecule has 0 aliphatic heterocycles. The van der Waals surface area contributed by atoms with Gasteiger partial charge in [-0.2, -0.15) is 0 Å². The van der Waals surface area contributed by atoms with Crippen LogP contribution < -0.4 is 10.5 Å². The van der Waals surface area contributed by atoms with Crippen LogP contribution in [0.3, 0.4) is 0 Å². The summed E-state index contributed by atoms with van der Waals surface area (Å²) in [5.74, 6) is 1.33. The van der Waals surface area contributed by atoms with Gasteiger partial charge in [0.15, 0.2) is 5.78 Å². The van der Waals surface area contributed by atoms with Gasteiger partial charge in [0.25, 0.3) is 0 Å². The Morgan fingerprint density at radius 3 is 2.74 bits per heavy atom. The van der Waals surface area contributed by atoms with Gasteiger partial charge in [-0.3, -0.25) is 4.79 Å². The number of benzene rings is 1. The lowest BCUT2D eigenvalue weighted by atomic mass is 9.87. The Kier molecular flexibility index (Phi) is 4.25. The van der Waals surface area contributed by atoms with Gasteiger partial charge in [0, 0.05) is 5.92 Å². The molecule has 2 rings (SSSR count). The Morgan fingerprint density at radius 2 is 2.11 bits per heavy atom. The number of carbonyl (C=O) groups is 1. The Labute approximate surface area is 115 Å². The maximum atomic E-state index is 12.7. The highest BCUT2D eigenvalue weighted by Gasteiger charge is 2.33. The molecule has 104 valence electrons. The van der Waals surface area contributed by atoms with Gasteiger partial charge in [-0.05, 0) is 56.3 Å². The number of nitrogens with two attached hydrogens (primary N) is 1. The first-order chi connectivity index (χ1) is 9.10. The summed E-state index contributed by atoms with van der Waals surface area (Å²) in [5, 5.41) is 0. The predicted molar refractivity (Wildman–Crippen MR) is 76.7 cm³/mol. The highest BCUT2D eigenvalue weighted by molar-refractivity contribution is 6.01. The molecule has 2 unspecified atom stereocenters. The molecule has 1 aliphatic rings. The molecule has 1 aromatic rings. The van der Waals surface area contributed by atoms with Crippen molar-refractivity contribution in [1.29, 1.82) is 0 Å². The van der Waals surface area contributed by atoms with E-state index in [4.69, 9.17) is 10.5 Å². The van der Waals surface area contributed by atoms with Crippen LogP contribution in [0.4, 0.5) is 0 Å². The van der Waals surface area contributed by atoms with Crippen LogP contribution >= 0.6 is 0 Å². The molecule has 1 aliphatic carbocycles. The minimum atomic E-state index is 0.0704. The van der Waals surface area contributed by atoms with E-state index in [9.17, 15) is 4.79 Å². The molecule has 2 atom stereocenters. The summed E-state index contributed by atoms with van der Waals surface area (Å²) < 4.78 is 5.45. The van der Waals surface area contributed by atoms with E-state index in [0.29, 0.717) is 12.5 Å². The summed E-state index contributed by atoms with van der Waals surface area (Å²) >= 11 is 0. The Hall–Kier alpha value is -1.35. The first-order valence-corrected chi connectivity index (χ1v) is 6.98. The first-order valence-electron chi connectivity index (χ1n) is 6.98. The van der Waals surface area contributed by atoms with Crippen molar-refractivity contribution >= 4 is 5.78 Å². The quantitative estimate of drug-likeness (QED) is 0.848. The average molecular weight is 261 g/mol. The molecule has 0 spiro atoms. The molecular weight excluding hydrogens is 238 g/mol. The Bertz CT molecular complexity index is 482. The summed E-state index contributed by atoms with van der Waals surface area (Å²) in [5.41, 5.74) is 8.70. The van der Waals surface area contributed by atoms with Crippen LogP contribution in [-0.2, 0) is 0 Å². The Balaban J connectivity index is 2.36. The Morgan fingerprint density at radius 1 is 1.37 bits per heavy atom. The van der Waals surface area contributed by atoms with E-state index in [1.807, 2.05) is 26.0 Å². The minimum Gasteiger partial charge on any atom is -0.496 e. The molecule has 0 radical (unpaired) electrons. The van der Waals surface area contributed by atoms with Crippen LogP contribution in [0.25, 0.3) is 0 Å².